The topological polar surface area (TPSA) is 134 Å². The standard InChI is InChI=1S/C18H21N3O6/c1-10-14(17(22)26-3)16(12-6-4-5-7-13(12)21(24)25)15(11(2)20-10)18(23)27-9-8-19/h4-7,16,20H,8-9,19H2,1-3H3. The van der Waals surface area contributed by atoms with Crippen molar-refractivity contribution in [1.29, 1.82) is 0 Å². The molecule has 1 atom stereocenters. The second kappa shape index (κ2) is 8.45. The van der Waals surface area contributed by atoms with Gasteiger partial charge in [-0.2, -0.15) is 0 Å². The molecular weight excluding hydrogens is 354 g/mol. The van der Waals surface area contributed by atoms with Gasteiger partial charge in [0, 0.05) is 29.6 Å². The van der Waals surface area contributed by atoms with Gasteiger partial charge in [0.05, 0.1) is 29.1 Å². The Kier molecular flexibility index (Phi) is 6.30. The molecule has 0 aliphatic carbocycles. The van der Waals surface area contributed by atoms with Crippen molar-refractivity contribution in [2.45, 2.75) is 19.8 Å². The normalized spacial score (nSPS) is 16.7. The van der Waals surface area contributed by atoms with E-state index in [1.807, 2.05) is 0 Å². The molecule has 9 heteroatoms. The fourth-order valence-corrected chi connectivity index (χ4v) is 3.08. The monoisotopic (exact) mass is 375 g/mol. The minimum atomic E-state index is -1.01. The maximum Gasteiger partial charge on any atom is 0.336 e. The van der Waals surface area contributed by atoms with Crippen LogP contribution >= 0.6 is 0 Å². The molecule has 0 bridgehead atoms. The predicted molar refractivity (Wildman–Crippen MR) is 96.4 cm³/mol. The number of carbonyl (C=O) groups excluding carboxylic acids is 2. The molecule has 1 aliphatic rings. The average Bonchev–Trinajstić information content (AvgIpc) is 2.64. The molecular formula is C18H21N3O6. The molecule has 0 aromatic heterocycles. The Balaban J connectivity index is 2.72. The summed E-state index contributed by atoms with van der Waals surface area (Å²) in [5.41, 5.74) is 6.46. The molecule has 1 aromatic carbocycles. The van der Waals surface area contributed by atoms with E-state index in [4.69, 9.17) is 15.2 Å². The second-order valence-electron chi connectivity index (χ2n) is 5.87. The third-order valence-corrected chi connectivity index (χ3v) is 4.18. The number of dihydropyridines is 1. The molecule has 3 N–H and O–H groups in total. The lowest BCUT2D eigenvalue weighted by atomic mass is 9.79. The fraction of sp³-hybridized carbons (Fsp3) is 0.333. The number of methoxy groups -OCH3 is 1. The van der Waals surface area contributed by atoms with Gasteiger partial charge in [0.25, 0.3) is 5.69 Å². The molecule has 1 unspecified atom stereocenters. The Labute approximate surface area is 156 Å². The van der Waals surface area contributed by atoms with Gasteiger partial charge in [-0.25, -0.2) is 9.59 Å². The van der Waals surface area contributed by atoms with E-state index in [9.17, 15) is 19.7 Å². The van der Waals surface area contributed by atoms with Gasteiger partial charge in [-0.1, -0.05) is 18.2 Å². The Morgan fingerprint density at radius 2 is 1.78 bits per heavy atom. The number of rotatable bonds is 6. The number of hydrogen-bond donors (Lipinski definition) is 2. The molecule has 27 heavy (non-hydrogen) atoms. The molecule has 1 aromatic rings. The molecule has 2 rings (SSSR count). The summed E-state index contributed by atoms with van der Waals surface area (Å²) in [6.07, 6.45) is 0. The highest BCUT2D eigenvalue weighted by atomic mass is 16.6. The maximum atomic E-state index is 12.7. The Morgan fingerprint density at radius 3 is 2.33 bits per heavy atom. The molecule has 0 radical (unpaired) electrons. The largest absolute Gasteiger partial charge is 0.466 e. The van der Waals surface area contributed by atoms with E-state index in [-0.39, 0.29) is 35.5 Å². The molecule has 9 nitrogen and oxygen atoms in total. The van der Waals surface area contributed by atoms with Crippen LogP contribution in [0.4, 0.5) is 5.69 Å². The van der Waals surface area contributed by atoms with Crippen molar-refractivity contribution in [2.24, 2.45) is 5.73 Å². The molecule has 0 amide bonds. The zero-order chi connectivity index (χ0) is 20.1. The first kappa shape index (κ1) is 20.1. The minimum absolute atomic E-state index is 0.0184. The summed E-state index contributed by atoms with van der Waals surface area (Å²) in [6.45, 7) is 3.38. The quantitative estimate of drug-likeness (QED) is 0.434. The number of allylic oxidation sites excluding steroid dienone is 2. The summed E-state index contributed by atoms with van der Waals surface area (Å²) in [5, 5.41) is 14.5. The smallest absolute Gasteiger partial charge is 0.336 e. The number of esters is 2. The van der Waals surface area contributed by atoms with Crippen LogP contribution < -0.4 is 11.1 Å². The molecule has 0 spiro atoms. The lowest BCUT2D eigenvalue weighted by Crippen LogP contribution is -2.33. The number of nitro benzene ring substituents is 1. The fourth-order valence-electron chi connectivity index (χ4n) is 3.08. The second-order valence-corrected chi connectivity index (χ2v) is 5.87. The van der Waals surface area contributed by atoms with E-state index in [2.05, 4.69) is 5.32 Å². The van der Waals surface area contributed by atoms with Crippen molar-refractivity contribution in [1.82, 2.24) is 5.32 Å². The van der Waals surface area contributed by atoms with Crippen molar-refractivity contribution >= 4 is 17.6 Å². The van der Waals surface area contributed by atoms with Crippen LogP contribution in [0.2, 0.25) is 0 Å². The number of para-hydroxylation sites is 1. The van der Waals surface area contributed by atoms with Gasteiger partial charge in [0.1, 0.15) is 6.61 Å². The molecule has 0 fully saturated rings. The third kappa shape index (κ3) is 3.98. The Hall–Kier alpha value is -3.20. The molecule has 0 saturated carbocycles. The van der Waals surface area contributed by atoms with E-state index in [0.717, 1.165) is 0 Å². The lowest BCUT2D eigenvalue weighted by Gasteiger charge is -2.30. The number of carbonyl (C=O) groups is 2. The van der Waals surface area contributed by atoms with Gasteiger partial charge < -0.3 is 20.5 Å². The van der Waals surface area contributed by atoms with Gasteiger partial charge in [-0.05, 0) is 13.8 Å². The maximum absolute atomic E-state index is 12.7. The Morgan fingerprint density at radius 1 is 1.19 bits per heavy atom. The average molecular weight is 375 g/mol. The summed E-state index contributed by atoms with van der Waals surface area (Å²) in [5.74, 6) is -2.41. The van der Waals surface area contributed by atoms with Crippen molar-refractivity contribution in [3.05, 3.63) is 62.5 Å². The number of hydrogen-bond acceptors (Lipinski definition) is 8. The summed E-state index contributed by atoms with van der Waals surface area (Å²) in [6, 6.07) is 5.94. The van der Waals surface area contributed by atoms with Gasteiger partial charge in [-0.15, -0.1) is 0 Å². The molecule has 1 aliphatic heterocycles. The van der Waals surface area contributed by atoms with Crippen LogP contribution in [0.25, 0.3) is 0 Å². The van der Waals surface area contributed by atoms with E-state index >= 15 is 0 Å². The number of nitrogens with two attached hydrogens (primary N) is 1. The summed E-state index contributed by atoms with van der Waals surface area (Å²) >= 11 is 0. The van der Waals surface area contributed by atoms with Crippen LogP contribution in [0.1, 0.15) is 25.3 Å². The van der Waals surface area contributed by atoms with Crippen LogP contribution in [0.3, 0.4) is 0 Å². The number of nitro groups is 1. The number of nitrogens with one attached hydrogen (secondary N) is 1. The van der Waals surface area contributed by atoms with Crippen molar-refractivity contribution < 1.29 is 24.0 Å². The van der Waals surface area contributed by atoms with Crippen LogP contribution in [-0.4, -0.2) is 37.1 Å². The number of benzene rings is 1. The van der Waals surface area contributed by atoms with E-state index in [0.29, 0.717) is 11.4 Å². The van der Waals surface area contributed by atoms with Crippen molar-refractivity contribution in [3.8, 4) is 0 Å². The highest BCUT2D eigenvalue weighted by Crippen LogP contribution is 2.42. The Bertz CT molecular complexity index is 843. The van der Waals surface area contributed by atoms with Gasteiger partial charge in [0.15, 0.2) is 0 Å². The predicted octanol–water partition coefficient (Wildman–Crippen LogP) is 1.50. The minimum Gasteiger partial charge on any atom is -0.466 e. The van der Waals surface area contributed by atoms with Crippen molar-refractivity contribution in [3.63, 3.8) is 0 Å². The van der Waals surface area contributed by atoms with Crippen LogP contribution in [0.5, 0.6) is 0 Å². The summed E-state index contributed by atoms with van der Waals surface area (Å²) in [4.78, 5) is 36.1. The number of nitrogens with zero attached hydrogens (tertiary/aromatic N) is 1. The van der Waals surface area contributed by atoms with Gasteiger partial charge in [0.2, 0.25) is 0 Å². The lowest BCUT2D eigenvalue weighted by molar-refractivity contribution is -0.385. The first-order valence-electron chi connectivity index (χ1n) is 8.20. The SMILES string of the molecule is COC(=O)C1=C(C)NC(C)=C(C(=O)OCCN)C1c1ccccc1[N+](=O)[O-]. The highest BCUT2D eigenvalue weighted by molar-refractivity contribution is 6.00. The van der Waals surface area contributed by atoms with E-state index in [1.165, 1.54) is 25.3 Å². The molecule has 0 saturated heterocycles. The molecule has 1 heterocycles. The number of ether oxygens (including phenoxy) is 2. The van der Waals surface area contributed by atoms with E-state index in [1.54, 1.807) is 19.9 Å². The highest BCUT2D eigenvalue weighted by Gasteiger charge is 2.40. The van der Waals surface area contributed by atoms with Gasteiger partial charge >= 0.3 is 11.9 Å². The first-order chi connectivity index (χ1) is 12.8. The summed E-state index contributed by atoms with van der Waals surface area (Å²) in [7, 11) is 1.21. The van der Waals surface area contributed by atoms with Crippen LogP contribution in [0.15, 0.2) is 46.8 Å². The summed E-state index contributed by atoms with van der Waals surface area (Å²) < 4.78 is 10.00. The van der Waals surface area contributed by atoms with Crippen molar-refractivity contribution in [2.75, 3.05) is 20.3 Å². The first-order valence-corrected chi connectivity index (χ1v) is 8.20. The third-order valence-electron chi connectivity index (χ3n) is 4.18. The van der Waals surface area contributed by atoms with E-state index < -0.39 is 22.8 Å². The molecule has 144 valence electrons. The van der Waals surface area contributed by atoms with Crippen LogP contribution in [0, 0.1) is 10.1 Å². The zero-order valence-electron chi connectivity index (χ0n) is 15.3. The van der Waals surface area contributed by atoms with Crippen LogP contribution in [-0.2, 0) is 19.1 Å². The van der Waals surface area contributed by atoms with Gasteiger partial charge in [-0.3, -0.25) is 10.1 Å². The zero-order valence-corrected chi connectivity index (χ0v) is 15.3.